The topological polar surface area (TPSA) is 59.6 Å². The highest BCUT2D eigenvalue weighted by Gasteiger charge is 2.12. The van der Waals surface area contributed by atoms with Crippen molar-refractivity contribution in [3.05, 3.63) is 24.3 Å². The van der Waals surface area contributed by atoms with Gasteiger partial charge in [-0.25, -0.2) is 0 Å². The van der Waals surface area contributed by atoms with Crippen LogP contribution in [0.3, 0.4) is 0 Å². The molecule has 0 heterocycles. The molecule has 1 fully saturated rings. The van der Waals surface area contributed by atoms with Crippen molar-refractivity contribution in [1.29, 1.82) is 0 Å². The lowest BCUT2D eigenvalue weighted by Crippen LogP contribution is -2.22. The van der Waals surface area contributed by atoms with Crippen molar-refractivity contribution in [3.8, 4) is 0 Å². The fraction of sp³-hybridized carbons (Fsp3) is 0.588. The largest absolute Gasteiger partial charge is 0.382 e. The van der Waals surface area contributed by atoms with Crippen LogP contribution in [0, 0.1) is 0 Å². The number of rotatable bonds is 8. The summed E-state index contributed by atoms with van der Waals surface area (Å²) in [4.78, 5) is 11.7. The summed E-state index contributed by atoms with van der Waals surface area (Å²) in [6.07, 6.45) is 6.48. The second-order valence-corrected chi connectivity index (χ2v) is 5.65. The second kappa shape index (κ2) is 9.43. The molecule has 0 aliphatic heterocycles. The predicted molar refractivity (Wildman–Crippen MR) is 88.3 cm³/mol. The van der Waals surface area contributed by atoms with Gasteiger partial charge in [-0.1, -0.05) is 19.3 Å². The van der Waals surface area contributed by atoms with Gasteiger partial charge in [0.1, 0.15) is 6.61 Å². The minimum absolute atomic E-state index is 0.0471. The number of ether oxygens (including phenoxy) is 2. The third kappa shape index (κ3) is 6.03. The summed E-state index contributed by atoms with van der Waals surface area (Å²) < 4.78 is 10.0. The van der Waals surface area contributed by atoms with E-state index in [0.717, 1.165) is 11.4 Å². The first-order valence-corrected chi connectivity index (χ1v) is 8.01. The van der Waals surface area contributed by atoms with E-state index in [-0.39, 0.29) is 12.5 Å². The van der Waals surface area contributed by atoms with Gasteiger partial charge in [0.15, 0.2) is 0 Å². The van der Waals surface area contributed by atoms with Gasteiger partial charge in [-0.3, -0.25) is 4.79 Å². The molecule has 5 heteroatoms. The zero-order valence-corrected chi connectivity index (χ0v) is 13.3. The molecule has 122 valence electrons. The van der Waals surface area contributed by atoms with Crippen molar-refractivity contribution >= 4 is 17.3 Å². The lowest BCUT2D eigenvalue weighted by atomic mass is 9.95. The van der Waals surface area contributed by atoms with Crippen molar-refractivity contribution in [2.45, 2.75) is 38.1 Å². The molecule has 1 aliphatic carbocycles. The first-order valence-electron chi connectivity index (χ1n) is 8.01. The van der Waals surface area contributed by atoms with Gasteiger partial charge < -0.3 is 20.1 Å². The molecule has 0 spiro atoms. The van der Waals surface area contributed by atoms with Crippen LogP contribution in [0.25, 0.3) is 0 Å². The van der Waals surface area contributed by atoms with E-state index in [0.29, 0.717) is 19.3 Å². The Morgan fingerprint density at radius 3 is 2.45 bits per heavy atom. The predicted octanol–water partition coefficient (Wildman–Crippen LogP) is 3.03. The minimum Gasteiger partial charge on any atom is -0.382 e. The number of carbonyl (C=O) groups excluding carboxylic acids is 1. The number of benzene rings is 1. The Morgan fingerprint density at radius 2 is 1.77 bits per heavy atom. The molecule has 1 aromatic rings. The summed E-state index contributed by atoms with van der Waals surface area (Å²) >= 11 is 0. The molecule has 0 aromatic heterocycles. The van der Waals surface area contributed by atoms with Crippen molar-refractivity contribution in [2.24, 2.45) is 0 Å². The van der Waals surface area contributed by atoms with Crippen LogP contribution in [-0.2, 0) is 14.3 Å². The van der Waals surface area contributed by atoms with Gasteiger partial charge >= 0.3 is 0 Å². The molecule has 0 atom stereocenters. The highest BCUT2D eigenvalue weighted by Crippen LogP contribution is 2.22. The van der Waals surface area contributed by atoms with E-state index in [1.165, 1.54) is 32.1 Å². The number of carbonyl (C=O) groups is 1. The van der Waals surface area contributed by atoms with Crippen molar-refractivity contribution in [1.82, 2.24) is 0 Å². The molecule has 0 unspecified atom stereocenters. The second-order valence-electron chi connectivity index (χ2n) is 5.65. The van der Waals surface area contributed by atoms with E-state index in [4.69, 9.17) is 9.47 Å². The van der Waals surface area contributed by atoms with Crippen LogP contribution in [0.15, 0.2) is 24.3 Å². The number of amides is 1. The highest BCUT2D eigenvalue weighted by atomic mass is 16.5. The quantitative estimate of drug-likeness (QED) is 0.725. The molecule has 0 bridgehead atoms. The molecule has 22 heavy (non-hydrogen) atoms. The smallest absolute Gasteiger partial charge is 0.250 e. The van der Waals surface area contributed by atoms with Crippen LogP contribution in [0.5, 0.6) is 0 Å². The van der Waals surface area contributed by atoms with E-state index in [1.54, 1.807) is 7.11 Å². The van der Waals surface area contributed by atoms with Crippen LogP contribution in [0.2, 0.25) is 0 Å². The lowest BCUT2D eigenvalue weighted by Gasteiger charge is -2.23. The Labute approximate surface area is 132 Å². The summed E-state index contributed by atoms with van der Waals surface area (Å²) in [6.45, 7) is 0.967. The first-order chi connectivity index (χ1) is 10.8. The van der Waals surface area contributed by atoms with Crippen LogP contribution in [0.1, 0.15) is 32.1 Å². The number of hydrogen-bond donors (Lipinski definition) is 2. The number of nitrogens with one attached hydrogen (secondary N) is 2. The summed E-state index contributed by atoms with van der Waals surface area (Å²) in [6, 6.07) is 8.44. The Balaban J connectivity index is 1.72. The Hall–Kier alpha value is -1.59. The van der Waals surface area contributed by atoms with Crippen LogP contribution in [0.4, 0.5) is 11.4 Å². The van der Waals surface area contributed by atoms with Crippen LogP contribution >= 0.6 is 0 Å². The molecule has 0 radical (unpaired) electrons. The number of methoxy groups -OCH3 is 1. The van der Waals surface area contributed by atoms with Gasteiger partial charge in [0.25, 0.3) is 0 Å². The number of hydrogen-bond acceptors (Lipinski definition) is 4. The Kier molecular flexibility index (Phi) is 7.19. The Bertz CT molecular complexity index is 442. The molecule has 1 aromatic carbocycles. The SMILES string of the molecule is COCCOCC(=O)Nc1ccc(NC2CCCCC2)cc1. The van der Waals surface area contributed by atoms with Gasteiger partial charge in [-0.05, 0) is 37.1 Å². The van der Waals surface area contributed by atoms with E-state index in [9.17, 15) is 4.79 Å². The third-order valence-corrected chi connectivity index (χ3v) is 3.81. The molecular formula is C17H26N2O3. The molecule has 1 aliphatic rings. The molecule has 2 rings (SSSR count). The average molecular weight is 306 g/mol. The zero-order chi connectivity index (χ0) is 15.6. The highest BCUT2D eigenvalue weighted by molar-refractivity contribution is 5.91. The molecular weight excluding hydrogens is 280 g/mol. The van der Waals surface area contributed by atoms with E-state index in [2.05, 4.69) is 10.6 Å². The summed E-state index contributed by atoms with van der Waals surface area (Å²) in [5.74, 6) is -0.149. The first kappa shape index (κ1) is 16.8. The maximum atomic E-state index is 11.7. The van der Waals surface area contributed by atoms with Crippen molar-refractivity contribution in [3.63, 3.8) is 0 Å². The van der Waals surface area contributed by atoms with Gasteiger partial charge in [-0.2, -0.15) is 0 Å². The standard InChI is InChI=1S/C17H26N2O3/c1-21-11-12-22-13-17(20)19-16-9-7-15(8-10-16)18-14-5-3-2-4-6-14/h7-10,14,18H,2-6,11-13H2,1H3,(H,19,20). The van der Waals surface area contributed by atoms with E-state index < -0.39 is 0 Å². The summed E-state index contributed by atoms with van der Waals surface area (Å²) in [5, 5.41) is 6.38. The van der Waals surface area contributed by atoms with Crippen LogP contribution < -0.4 is 10.6 Å². The maximum Gasteiger partial charge on any atom is 0.250 e. The minimum atomic E-state index is -0.149. The van der Waals surface area contributed by atoms with Crippen molar-refractivity contribution in [2.75, 3.05) is 37.6 Å². The normalized spacial score (nSPS) is 15.5. The molecule has 1 amide bonds. The Morgan fingerprint density at radius 1 is 1.09 bits per heavy atom. The van der Waals surface area contributed by atoms with Gasteiger partial charge in [0.2, 0.25) is 5.91 Å². The lowest BCUT2D eigenvalue weighted by molar-refractivity contribution is -0.121. The molecule has 1 saturated carbocycles. The third-order valence-electron chi connectivity index (χ3n) is 3.81. The van der Waals surface area contributed by atoms with Crippen LogP contribution in [-0.4, -0.2) is 38.9 Å². The van der Waals surface area contributed by atoms with Gasteiger partial charge in [0, 0.05) is 24.5 Å². The molecule has 5 nitrogen and oxygen atoms in total. The van der Waals surface area contributed by atoms with Crippen molar-refractivity contribution < 1.29 is 14.3 Å². The van der Waals surface area contributed by atoms with Gasteiger partial charge in [0.05, 0.1) is 13.2 Å². The average Bonchev–Trinajstić information content (AvgIpc) is 2.54. The summed E-state index contributed by atoms with van der Waals surface area (Å²) in [7, 11) is 1.60. The molecule has 2 N–H and O–H groups in total. The monoisotopic (exact) mass is 306 g/mol. The van der Waals surface area contributed by atoms with E-state index >= 15 is 0 Å². The zero-order valence-electron chi connectivity index (χ0n) is 13.3. The number of anilines is 2. The molecule has 0 saturated heterocycles. The van der Waals surface area contributed by atoms with Gasteiger partial charge in [-0.15, -0.1) is 0 Å². The fourth-order valence-corrected chi connectivity index (χ4v) is 2.64. The van der Waals surface area contributed by atoms with E-state index in [1.807, 2.05) is 24.3 Å². The maximum absolute atomic E-state index is 11.7. The fourth-order valence-electron chi connectivity index (χ4n) is 2.64. The summed E-state index contributed by atoms with van der Waals surface area (Å²) in [5.41, 5.74) is 1.90.